The Morgan fingerprint density at radius 2 is 1.76 bits per heavy atom. The molecule has 2 aromatic carbocycles. The molecule has 8 heteroatoms. The fourth-order valence-electron chi connectivity index (χ4n) is 4.37. The highest BCUT2D eigenvalue weighted by Crippen LogP contribution is 2.30. The first-order valence-electron chi connectivity index (χ1n) is 12.6. The molecule has 0 aliphatic carbocycles. The largest absolute Gasteiger partial charge is 0.335 e. The molecule has 1 amide bonds. The first-order valence-corrected chi connectivity index (χ1v) is 12.6. The van der Waals surface area contributed by atoms with Crippen LogP contribution in [0.1, 0.15) is 49.2 Å². The maximum absolute atomic E-state index is 13.3. The van der Waals surface area contributed by atoms with E-state index in [2.05, 4.69) is 36.4 Å². The Hall–Kier alpha value is -4.46. The third-order valence-electron chi connectivity index (χ3n) is 6.51. The quantitative estimate of drug-likeness (QED) is 0.369. The Kier molecular flexibility index (Phi) is 7.35. The molecule has 8 nitrogen and oxygen atoms in total. The molecule has 2 N–H and O–H groups in total. The van der Waals surface area contributed by atoms with Gasteiger partial charge >= 0.3 is 0 Å². The Balaban J connectivity index is 1.69. The van der Waals surface area contributed by atoms with E-state index in [1.165, 1.54) is 10.6 Å². The monoisotopic (exact) mass is 511 g/mol. The van der Waals surface area contributed by atoms with Crippen molar-refractivity contribution in [1.29, 1.82) is 0 Å². The lowest BCUT2D eigenvalue weighted by Crippen LogP contribution is -2.23. The number of anilines is 3. The number of aromatic nitrogens is 3. The van der Waals surface area contributed by atoms with E-state index in [-0.39, 0.29) is 28.3 Å². The molecule has 0 unspecified atom stereocenters. The molecule has 0 atom stereocenters. The van der Waals surface area contributed by atoms with Crippen LogP contribution in [0.4, 0.5) is 17.2 Å². The predicted molar refractivity (Wildman–Crippen MR) is 152 cm³/mol. The zero-order valence-corrected chi connectivity index (χ0v) is 22.6. The summed E-state index contributed by atoms with van der Waals surface area (Å²) in [5.41, 5.74) is 4.20. The van der Waals surface area contributed by atoms with Crippen LogP contribution in [0.2, 0.25) is 0 Å². The average Bonchev–Trinajstić information content (AvgIpc) is 2.87. The van der Waals surface area contributed by atoms with E-state index < -0.39 is 0 Å². The highest BCUT2D eigenvalue weighted by atomic mass is 16.2. The Bertz CT molecular complexity index is 1630. The Morgan fingerprint density at radius 1 is 1.03 bits per heavy atom. The number of nitrogens with one attached hydrogen (secondary N) is 2. The number of benzene rings is 2. The number of carbonyl (C=O) groups is 1. The van der Waals surface area contributed by atoms with E-state index in [9.17, 15) is 14.4 Å². The number of hydrogen-bond acceptors (Lipinski definition) is 5. The lowest BCUT2D eigenvalue weighted by Gasteiger charge is -2.22. The SMILES string of the molecule is CCn1ccc(Nc2nc(-c3cccc(NC(=O)c4ccccc4C(C)(C)C)c3C)cn(C)c2=O)cc1=O. The summed E-state index contributed by atoms with van der Waals surface area (Å²) in [4.78, 5) is 43.0. The molecule has 0 aliphatic heterocycles. The highest BCUT2D eigenvalue weighted by molar-refractivity contribution is 6.06. The molecule has 0 bridgehead atoms. The van der Waals surface area contributed by atoms with Gasteiger partial charge in [0.1, 0.15) is 0 Å². The maximum Gasteiger partial charge on any atom is 0.293 e. The molecule has 0 spiro atoms. The smallest absolute Gasteiger partial charge is 0.293 e. The standard InChI is InChI=1S/C30H33N5O3/c1-7-35-16-15-20(17-26(35)36)31-27-29(38)34(6)18-25(32-27)21-12-10-14-24(19(21)2)33-28(37)22-11-8-9-13-23(22)30(3,4)5/h8-18H,7H2,1-6H3,(H,31,32)(H,33,37). The van der Waals surface area contributed by atoms with Crippen LogP contribution in [0, 0.1) is 6.92 Å². The van der Waals surface area contributed by atoms with E-state index in [0.29, 0.717) is 29.2 Å². The summed E-state index contributed by atoms with van der Waals surface area (Å²) in [6.07, 6.45) is 3.33. The number of carbonyl (C=O) groups excluding carboxylic acids is 1. The van der Waals surface area contributed by atoms with Crippen molar-refractivity contribution in [3.63, 3.8) is 0 Å². The van der Waals surface area contributed by atoms with Crippen molar-refractivity contribution in [2.75, 3.05) is 10.6 Å². The van der Waals surface area contributed by atoms with Crippen molar-refractivity contribution in [3.8, 4) is 11.3 Å². The van der Waals surface area contributed by atoms with Gasteiger partial charge in [-0.05, 0) is 48.6 Å². The van der Waals surface area contributed by atoms with Gasteiger partial charge in [-0.15, -0.1) is 0 Å². The average molecular weight is 512 g/mol. The molecular formula is C30H33N5O3. The van der Waals surface area contributed by atoms with Crippen molar-refractivity contribution in [3.05, 3.63) is 104 Å². The summed E-state index contributed by atoms with van der Waals surface area (Å²) >= 11 is 0. The van der Waals surface area contributed by atoms with Crippen LogP contribution in [-0.2, 0) is 19.0 Å². The van der Waals surface area contributed by atoms with Crippen LogP contribution >= 0.6 is 0 Å². The summed E-state index contributed by atoms with van der Waals surface area (Å²) in [5.74, 6) is -0.0834. The van der Waals surface area contributed by atoms with Crippen molar-refractivity contribution < 1.29 is 4.79 Å². The minimum Gasteiger partial charge on any atom is -0.335 e. The minimum atomic E-state index is -0.325. The number of pyridine rings is 1. The second kappa shape index (κ2) is 10.5. The van der Waals surface area contributed by atoms with Crippen LogP contribution in [0.25, 0.3) is 11.3 Å². The molecule has 0 saturated carbocycles. The summed E-state index contributed by atoms with van der Waals surface area (Å²) in [6, 6.07) is 16.4. The molecule has 4 aromatic rings. The summed E-state index contributed by atoms with van der Waals surface area (Å²) < 4.78 is 3.01. The summed E-state index contributed by atoms with van der Waals surface area (Å²) in [6.45, 7) is 10.6. The van der Waals surface area contributed by atoms with Gasteiger partial charge in [-0.3, -0.25) is 14.4 Å². The van der Waals surface area contributed by atoms with Crippen LogP contribution in [0.5, 0.6) is 0 Å². The predicted octanol–water partition coefficient (Wildman–Crippen LogP) is 5.23. The molecule has 2 aromatic heterocycles. The first-order chi connectivity index (χ1) is 18.0. The first kappa shape index (κ1) is 26.6. The van der Waals surface area contributed by atoms with Gasteiger partial charge in [-0.1, -0.05) is 51.1 Å². The van der Waals surface area contributed by atoms with Crippen molar-refractivity contribution in [2.24, 2.45) is 7.05 Å². The van der Waals surface area contributed by atoms with Gasteiger partial charge in [-0.2, -0.15) is 0 Å². The number of nitrogens with zero attached hydrogens (tertiary/aromatic N) is 3. The Labute approximate surface area is 222 Å². The maximum atomic E-state index is 13.3. The molecular weight excluding hydrogens is 478 g/mol. The van der Waals surface area contributed by atoms with Crippen LogP contribution in [-0.4, -0.2) is 20.0 Å². The van der Waals surface area contributed by atoms with Crippen LogP contribution in [0.15, 0.2) is 76.6 Å². The third-order valence-corrected chi connectivity index (χ3v) is 6.51. The van der Waals surface area contributed by atoms with Gasteiger partial charge in [-0.25, -0.2) is 4.98 Å². The van der Waals surface area contributed by atoms with Crippen molar-refractivity contribution in [2.45, 2.75) is 46.6 Å². The van der Waals surface area contributed by atoms with E-state index >= 15 is 0 Å². The van der Waals surface area contributed by atoms with Gasteiger partial charge in [0.05, 0.1) is 5.69 Å². The minimum absolute atomic E-state index is 0.103. The van der Waals surface area contributed by atoms with Gasteiger partial charge in [0.2, 0.25) is 0 Å². The van der Waals surface area contributed by atoms with E-state index in [1.807, 2.05) is 56.3 Å². The number of aryl methyl sites for hydroxylation is 2. The van der Waals surface area contributed by atoms with E-state index in [1.54, 1.807) is 30.1 Å². The van der Waals surface area contributed by atoms with Crippen molar-refractivity contribution in [1.82, 2.24) is 14.1 Å². The van der Waals surface area contributed by atoms with Gasteiger partial charge in [0, 0.05) is 54.6 Å². The second-order valence-corrected chi connectivity index (χ2v) is 10.3. The van der Waals surface area contributed by atoms with E-state index in [4.69, 9.17) is 0 Å². The molecule has 0 radical (unpaired) electrons. The number of amides is 1. The Morgan fingerprint density at radius 3 is 2.45 bits per heavy atom. The molecule has 0 aliphatic rings. The summed E-state index contributed by atoms with van der Waals surface area (Å²) in [7, 11) is 1.65. The highest BCUT2D eigenvalue weighted by Gasteiger charge is 2.22. The van der Waals surface area contributed by atoms with Gasteiger partial charge in [0.15, 0.2) is 5.82 Å². The number of hydrogen-bond donors (Lipinski definition) is 2. The molecule has 0 fully saturated rings. The van der Waals surface area contributed by atoms with Crippen LogP contribution < -0.4 is 21.8 Å². The summed E-state index contributed by atoms with van der Waals surface area (Å²) in [5, 5.41) is 6.05. The topological polar surface area (TPSA) is 98.0 Å². The molecule has 0 saturated heterocycles. The lowest BCUT2D eigenvalue weighted by molar-refractivity contribution is 0.102. The zero-order chi connectivity index (χ0) is 27.6. The fraction of sp³-hybridized carbons (Fsp3) is 0.267. The normalized spacial score (nSPS) is 11.3. The lowest BCUT2D eigenvalue weighted by atomic mass is 9.83. The fourth-order valence-corrected chi connectivity index (χ4v) is 4.37. The van der Waals surface area contributed by atoms with E-state index in [0.717, 1.165) is 16.7 Å². The molecule has 4 rings (SSSR count). The molecule has 196 valence electrons. The third kappa shape index (κ3) is 5.44. The molecule has 38 heavy (non-hydrogen) atoms. The zero-order valence-electron chi connectivity index (χ0n) is 22.6. The van der Waals surface area contributed by atoms with Crippen LogP contribution in [0.3, 0.4) is 0 Å². The number of rotatable bonds is 6. The second-order valence-electron chi connectivity index (χ2n) is 10.3. The molecule has 2 heterocycles. The van der Waals surface area contributed by atoms with Crippen molar-refractivity contribution >= 4 is 23.1 Å². The van der Waals surface area contributed by atoms with Gasteiger partial charge < -0.3 is 19.8 Å². The van der Waals surface area contributed by atoms with Gasteiger partial charge in [0.25, 0.3) is 17.0 Å².